The molecule has 30 heavy (non-hydrogen) atoms. The highest BCUT2D eigenvalue weighted by Crippen LogP contribution is 2.51. The first kappa shape index (κ1) is 22.1. The molecule has 0 radical (unpaired) electrons. The number of ether oxygens (including phenoxy) is 1. The Morgan fingerprint density at radius 3 is 2.87 bits per heavy atom. The van der Waals surface area contributed by atoms with Crippen molar-refractivity contribution in [2.75, 3.05) is 13.2 Å². The number of esters is 1. The molecule has 7 heteroatoms. The second kappa shape index (κ2) is 9.49. The first-order chi connectivity index (χ1) is 14.4. The van der Waals surface area contributed by atoms with Crippen LogP contribution in [0.4, 0.5) is 0 Å². The van der Waals surface area contributed by atoms with Crippen LogP contribution < -0.4 is 5.32 Å². The van der Waals surface area contributed by atoms with Crippen LogP contribution in [0.2, 0.25) is 0 Å². The van der Waals surface area contributed by atoms with Crippen LogP contribution >= 0.6 is 0 Å². The Kier molecular flexibility index (Phi) is 7.00. The van der Waals surface area contributed by atoms with Gasteiger partial charge in [0.05, 0.1) is 19.4 Å². The lowest BCUT2D eigenvalue weighted by atomic mass is 9.71. The Bertz CT molecular complexity index is 799. The number of likely N-dealkylation sites (tertiary alicyclic amines) is 1. The van der Waals surface area contributed by atoms with Gasteiger partial charge in [-0.25, -0.2) is 0 Å². The Morgan fingerprint density at radius 2 is 2.20 bits per heavy atom. The van der Waals surface area contributed by atoms with Gasteiger partial charge in [-0.05, 0) is 50.7 Å². The highest BCUT2D eigenvalue weighted by Gasteiger charge is 2.55. The quantitative estimate of drug-likeness (QED) is 0.623. The van der Waals surface area contributed by atoms with Crippen molar-refractivity contribution in [1.82, 2.24) is 10.2 Å². The van der Waals surface area contributed by atoms with Crippen molar-refractivity contribution in [3.8, 4) is 0 Å². The van der Waals surface area contributed by atoms with Crippen LogP contribution in [0.15, 0.2) is 34.6 Å². The van der Waals surface area contributed by atoms with Gasteiger partial charge in [0.15, 0.2) is 0 Å². The zero-order chi connectivity index (χ0) is 21.7. The van der Waals surface area contributed by atoms with Gasteiger partial charge in [0, 0.05) is 24.6 Å². The number of nitrogens with one attached hydrogen (secondary N) is 1. The van der Waals surface area contributed by atoms with Gasteiger partial charge in [0.25, 0.3) is 0 Å². The lowest BCUT2D eigenvalue weighted by Crippen LogP contribution is -2.52. The summed E-state index contributed by atoms with van der Waals surface area (Å²) in [5.74, 6) is -0.0518. The molecule has 1 N–H and O–H groups in total. The number of piperidine rings is 1. The van der Waals surface area contributed by atoms with E-state index in [1.54, 1.807) is 30.2 Å². The molecule has 0 saturated carbocycles. The van der Waals surface area contributed by atoms with Crippen LogP contribution in [0.1, 0.15) is 58.6 Å². The summed E-state index contributed by atoms with van der Waals surface area (Å²) in [5.41, 5.74) is -0.182. The molecular formula is C23H32N2O5. The molecule has 1 aliphatic carbocycles. The Labute approximate surface area is 177 Å². The number of hydrogen-bond donors (Lipinski definition) is 1. The van der Waals surface area contributed by atoms with E-state index in [2.05, 4.69) is 19.2 Å². The zero-order valence-electron chi connectivity index (χ0n) is 18.1. The minimum absolute atomic E-state index is 0.0695. The number of carbonyl (C=O) groups excluding carboxylic acids is 3. The maximum Gasteiger partial charge on any atom is 0.318 e. The molecule has 0 bridgehead atoms. The van der Waals surface area contributed by atoms with E-state index in [1.165, 1.54) is 0 Å². The van der Waals surface area contributed by atoms with Crippen molar-refractivity contribution >= 4 is 17.8 Å². The van der Waals surface area contributed by atoms with Gasteiger partial charge >= 0.3 is 5.97 Å². The monoisotopic (exact) mass is 416 g/mol. The summed E-state index contributed by atoms with van der Waals surface area (Å²) in [6.07, 6.45) is 6.07. The van der Waals surface area contributed by atoms with Gasteiger partial charge in [-0.2, -0.15) is 0 Å². The molecule has 1 aliphatic heterocycles. The molecule has 164 valence electrons. The van der Waals surface area contributed by atoms with Gasteiger partial charge in [-0.15, -0.1) is 0 Å². The van der Waals surface area contributed by atoms with Crippen molar-refractivity contribution in [2.24, 2.45) is 17.3 Å². The molecule has 2 heterocycles. The molecular weight excluding hydrogens is 384 g/mol. The summed E-state index contributed by atoms with van der Waals surface area (Å²) in [6, 6.07) is 3.57. The van der Waals surface area contributed by atoms with Gasteiger partial charge in [0.1, 0.15) is 11.2 Å². The summed E-state index contributed by atoms with van der Waals surface area (Å²) < 4.78 is 10.9. The predicted octanol–water partition coefficient (Wildman–Crippen LogP) is 3.41. The smallest absolute Gasteiger partial charge is 0.318 e. The molecule has 0 unspecified atom stereocenters. The standard InChI is InChI=1S/C23H32N2O5/c1-4-29-22(28)23-10-5-8-19(23)25(15-18-7-6-12-30-18)21(27)17(14-23)13-20(26)24-11-9-16(2)3/h6-8,12,16-17H,4-5,9-11,13-15H2,1-3H3,(H,24,26)/t17-,23+/m1/s1. The summed E-state index contributed by atoms with van der Waals surface area (Å²) in [5, 5.41) is 2.91. The van der Waals surface area contributed by atoms with Gasteiger partial charge in [-0.1, -0.05) is 19.9 Å². The van der Waals surface area contributed by atoms with E-state index in [0.717, 1.165) is 6.42 Å². The third kappa shape index (κ3) is 4.60. The van der Waals surface area contributed by atoms with Crippen LogP contribution in [-0.2, 0) is 25.7 Å². The van der Waals surface area contributed by atoms with Crippen LogP contribution in [0, 0.1) is 17.3 Å². The van der Waals surface area contributed by atoms with Crippen LogP contribution in [-0.4, -0.2) is 35.8 Å². The van der Waals surface area contributed by atoms with E-state index in [1.807, 2.05) is 6.08 Å². The minimum atomic E-state index is -0.876. The fourth-order valence-electron chi connectivity index (χ4n) is 4.44. The zero-order valence-corrected chi connectivity index (χ0v) is 18.1. The first-order valence-corrected chi connectivity index (χ1v) is 10.9. The summed E-state index contributed by atoms with van der Waals surface area (Å²) in [6.45, 7) is 7.08. The second-order valence-electron chi connectivity index (χ2n) is 8.57. The lowest BCUT2D eigenvalue weighted by molar-refractivity contribution is -0.161. The fraction of sp³-hybridized carbons (Fsp3) is 0.609. The van der Waals surface area contributed by atoms with E-state index < -0.39 is 11.3 Å². The van der Waals surface area contributed by atoms with E-state index in [-0.39, 0.29) is 37.4 Å². The SMILES string of the molecule is CCOC(=O)[C@]12CCC=C1N(Cc1ccco1)C(=O)[C@H](CC(=O)NCCC(C)C)C2. The van der Waals surface area contributed by atoms with Crippen molar-refractivity contribution < 1.29 is 23.5 Å². The molecule has 1 saturated heterocycles. The molecule has 7 nitrogen and oxygen atoms in total. The second-order valence-corrected chi connectivity index (χ2v) is 8.57. The molecule has 1 fully saturated rings. The highest BCUT2D eigenvalue weighted by atomic mass is 16.5. The average Bonchev–Trinajstić information content (AvgIpc) is 3.35. The molecule has 0 spiro atoms. The lowest BCUT2D eigenvalue weighted by Gasteiger charge is -2.43. The summed E-state index contributed by atoms with van der Waals surface area (Å²) in [4.78, 5) is 40.5. The maximum absolute atomic E-state index is 13.3. The van der Waals surface area contributed by atoms with E-state index in [4.69, 9.17) is 9.15 Å². The molecule has 3 rings (SSSR count). The number of allylic oxidation sites excluding steroid dienone is 1. The number of rotatable bonds is 9. The minimum Gasteiger partial charge on any atom is -0.467 e. The highest BCUT2D eigenvalue weighted by molar-refractivity contribution is 5.92. The predicted molar refractivity (Wildman–Crippen MR) is 111 cm³/mol. The molecule has 1 aromatic heterocycles. The van der Waals surface area contributed by atoms with E-state index in [0.29, 0.717) is 43.2 Å². The Balaban J connectivity index is 1.82. The van der Waals surface area contributed by atoms with Crippen molar-refractivity contribution in [2.45, 2.75) is 59.4 Å². The molecule has 1 aromatic rings. The van der Waals surface area contributed by atoms with E-state index >= 15 is 0 Å². The van der Waals surface area contributed by atoms with Crippen molar-refractivity contribution in [1.29, 1.82) is 0 Å². The van der Waals surface area contributed by atoms with Gasteiger partial charge < -0.3 is 19.4 Å². The van der Waals surface area contributed by atoms with Crippen LogP contribution in [0.3, 0.4) is 0 Å². The molecule has 2 atom stereocenters. The normalized spacial score (nSPS) is 23.3. The number of carbonyl (C=O) groups is 3. The van der Waals surface area contributed by atoms with Gasteiger partial charge in [-0.3, -0.25) is 14.4 Å². The van der Waals surface area contributed by atoms with E-state index in [9.17, 15) is 14.4 Å². The third-order valence-electron chi connectivity index (χ3n) is 5.94. The Morgan fingerprint density at radius 1 is 1.40 bits per heavy atom. The molecule has 0 aromatic carbocycles. The van der Waals surface area contributed by atoms with Gasteiger partial charge in [0.2, 0.25) is 11.8 Å². The number of amides is 2. The largest absolute Gasteiger partial charge is 0.467 e. The Hall–Kier alpha value is -2.57. The van der Waals surface area contributed by atoms with Crippen molar-refractivity contribution in [3.63, 3.8) is 0 Å². The summed E-state index contributed by atoms with van der Waals surface area (Å²) in [7, 11) is 0. The molecule has 2 aliphatic rings. The maximum atomic E-state index is 13.3. The van der Waals surface area contributed by atoms with Crippen molar-refractivity contribution in [3.05, 3.63) is 35.9 Å². The molecule has 2 amide bonds. The number of fused-ring (bicyclic) bond motifs is 1. The fourth-order valence-corrected chi connectivity index (χ4v) is 4.44. The number of hydrogen-bond acceptors (Lipinski definition) is 5. The summed E-state index contributed by atoms with van der Waals surface area (Å²) >= 11 is 0. The number of nitrogens with zero attached hydrogens (tertiary/aromatic N) is 1. The van der Waals surface area contributed by atoms with Crippen LogP contribution in [0.5, 0.6) is 0 Å². The third-order valence-corrected chi connectivity index (χ3v) is 5.94. The first-order valence-electron chi connectivity index (χ1n) is 10.9. The van der Waals surface area contributed by atoms with Crippen LogP contribution in [0.25, 0.3) is 0 Å². The average molecular weight is 417 g/mol. The number of furan rings is 1. The topological polar surface area (TPSA) is 88.8 Å².